The number of nitrogens with one attached hydrogen (secondary N) is 1. The summed E-state index contributed by atoms with van der Waals surface area (Å²) in [6, 6.07) is 0. The Morgan fingerprint density at radius 2 is 2.14 bits per heavy atom. The largest absolute Gasteiger partial charge is 0.496 e. The number of ether oxygens (including phenoxy) is 2. The Hall–Kier alpha value is -1.82. The Balaban J connectivity index is 3.18. The normalized spacial score (nSPS) is 23.0. The molecule has 6 nitrogen and oxygen atoms in total. The SMILES string of the molecule is CC[C@H](C)C(=O)O[C@@]1(C)C(=O)C(C)=C(OC)C=C1NCCO. The number of methoxy groups -OCH3 is 1. The Kier molecular flexibility index (Phi) is 6.17. The van der Waals surface area contributed by atoms with Gasteiger partial charge in [0.15, 0.2) is 0 Å². The van der Waals surface area contributed by atoms with E-state index in [9.17, 15) is 9.59 Å². The van der Waals surface area contributed by atoms with Crippen LogP contribution in [0.2, 0.25) is 0 Å². The van der Waals surface area contributed by atoms with E-state index < -0.39 is 11.6 Å². The number of carbonyl (C=O) groups excluding carboxylic acids is 2. The van der Waals surface area contributed by atoms with Crippen LogP contribution in [-0.2, 0) is 19.1 Å². The van der Waals surface area contributed by atoms with Crippen LogP contribution in [-0.4, -0.2) is 42.7 Å². The molecule has 1 aliphatic rings. The van der Waals surface area contributed by atoms with Gasteiger partial charge in [-0.25, -0.2) is 0 Å². The van der Waals surface area contributed by atoms with Crippen molar-refractivity contribution in [2.45, 2.75) is 39.7 Å². The van der Waals surface area contributed by atoms with Crippen LogP contribution in [0.5, 0.6) is 0 Å². The zero-order chi connectivity index (χ0) is 16.9. The first-order valence-corrected chi connectivity index (χ1v) is 7.41. The van der Waals surface area contributed by atoms with Crippen LogP contribution in [0.15, 0.2) is 23.1 Å². The minimum absolute atomic E-state index is 0.105. The number of carbonyl (C=O) groups is 2. The zero-order valence-corrected chi connectivity index (χ0v) is 13.9. The van der Waals surface area contributed by atoms with E-state index in [1.54, 1.807) is 26.8 Å². The average molecular weight is 311 g/mol. The number of ketones is 1. The van der Waals surface area contributed by atoms with E-state index in [1.807, 2.05) is 6.92 Å². The van der Waals surface area contributed by atoms with Crippen LogP contribution in [0.1, 0.15) is 34.1 Å². The second-order valence-electron chi connectivity index (χ2n) is 5.49. The highest BCUT2D eigenvalue weighted by atomic mass is 16.6. The fourth-order valence-corrected chi connectivity index (χ4v) is 2.16. The van der Waals surface area contributed by atoms with Gasteiger partial charge >= 0.3 is 5.97 Å². The van der Waals surface area contributed by atoms with E-state index in [2.05, 4.69) is 5.32 Å². The van der Waals surface area contributed by atoms with Crippen molar-refractivity contribution in [3.63, 3.8) is 0 Å². The Labute approximate surface area is 131 Å². The number of rotatable bonds is 7. The summed E-state index contributed by atoms with van der Waals surface area (Å²) >= 11 is 0. The van der Waals surface area contributed by atoms with Gasteiger partial charge in [0.2, 0.25) is 11.4 Å². The lowest BCUT2D eigenvalue weighted by atomic mass is 9.86. The number of allylic oxidation sites excluding steroid dienone is 1. The fraction of sp³-hybridized carbons (Fsp3) is 0.625. The molecule has 0 amide bonds. The number of hydrogen-bond donors (Lipinski definition) is 2. The monoisotopic (exact) mass is 311 g/mol. The summed E-state index contributed by atoms with van der Waals surface area (Å²) in [7, 11) is 1.47. The van der Waals surface area contributed by atoms with Gasteiger partial charge in [-0.1, -0.05) is 13.8 Å². The number of aliphatic hydroxyl groups is 1. The average Bonchev–Trinajstić information content (AvgIpc) is 2.51. The number of Topliss-reactive ketones (excluding diaryl/α,β-unsaturated/α-hetero) is 1. The van der Waals surface area contributed by atoms with Gasteiger partial charge in [-0.15, -0.1) is 0 Å². The maximum atomic E-state index is 12.7. The Bertz CT molecular complexity index is 509. The maximum absolute atomic E-state index is 12.7. The van der Waals surface area contributed by atoms with Crippen LogP contribution in [0.3, 0.4) is 0 Å². The molecule has 0 aromatic carbocycles. The molecule has 2 N–H and O–H groups in total. The Morgan fingerprint density at radius 3 is 2.64 bits per heavy atom. The molecule has 6 heteroatoms. The molecule has 0 saturated carbocycles. The van der Waals surface area contributed by atoms with Gasteiger partial charge in [-0.3, -0.25) is 9.59 Å². The summed E-state index contributed by atoms with van der Waals surface area (Å²) in [6.45, 7) is 6.97. The van der Waals surface area contributed by atoms with Gasteiger partial charge in [0.1, 0.15) is 5.76 Å². The molecule has 0 aliphatic heterocycles. The highest BCUT2D eigenvalue weighted by Gasteiger charge is 2.46. The van der Waals surface area contributed by atoms with E-state index in [1.165, 1.54) is 7.11 Å². The van der Waals surface area contributed by atoms with Crippen molar-refractivity contribution in [3.8, 4) is 0 Å². The van der Waals surface area contributed by atoms with Gasteiger partial charge in [0.05, 0.1) is 25.3 Å². The minimum Gasteiger partial charge on any atom is -0.496 e. The molecular weight excluding hydrogens is 286 g/mol. The molecular formula is C16H25NO5. The Morgan fingerprint density at radius 1 is 1.50 bits per heavy atom. The molecule has 0 heterocycles. The van der Waals surface area contributed by atoms with Crippen molar-refractivity contribution >= 4 is 11.8 Å². The predicted octanol–water partition coefficient (Wildman–Crippen LogP) is 1.30. The number of aliphatic hydroxyl groups excluding tert-OH is 1. The molecule has 2 atom stereocenters. The van der Waals surface area contributed by atoms with Crippen LogP contribution in [0.25, 0.3) is 0 Å². The number of esters is 1. The zero-order valence-electron chi connectivity index (χ0n) is 13.9. The third kappa shape index (κ3) is 3.50. The molecule has 1 aliphatic carbocycles. The third-order valence-corrected chi connectivity index (χ3v) is 3.90. The van der Waals surface area contributed by atoms with Gasteiger partial charge in [0.25, 0.3) is 0 Å². The standard InChI is InChI=1S/C16H25NO5/c1-6-10(2)15(20)22-16(4)13(17-7-8-18)9-12(21-5)11(3)14(16)19/h9-10,17-18H,6-8H2,1-5H3/t10-,16+/m0/s1. The summed E-state index contributed by atoms with van der Waals surface area (Å²) < 4.78 is 10.7. The van der Waals surface area contributed by atoms with Gasteiger partial charge in [-0.05, 0) is 20.3 Å². The van der Waals surface area contributed by atoms with E-state index >= 15 is 0 Å². The second-order valence-corrected chi connectivity index (χ2v) is 5.49. The fourth-order valence-electron chi connectivity index (χ4n) is 2.16. The van der Waals surface area contributed by atoms with Crippen LogP contribution in [0, 0.1) is 5.92 Å². The summed E-state index contributed by atoms with van der Waals surface area (Å²) in [5.74, 6) is -0.632. The predicted molar refractivity (Wildman–Crippen MR) is 81.8 cm³/mol. The van der Waals surface area contributed by atoms with Crippen LogP contribution < -0.4 is 5.32 Å². The second kappa shape index (κ2) is 7.45. The molecule has 0 fully saturated rings. The third-order valence-electron chi connectivity index (χ3n) is 3.90. The summed E-state index contributed by atoms with van der Waals surface area (Å²) in [5, 5.41) is 11.9. The van der Waals surface area contributed by atoms with Crippen molar-refractivity contribution in [2.24, 2.45) is 5.92 Å². The van der Waals surface area contributed by atoms with Crippen molar-refractivity contribution < 1.29 is 24.2 Å². The topological polar surface area (TPSA) is 84.9 Å². The summed E-state index contributed by atoms with van der Waals surface area (Å²) in [5.41, 5.74) is -0.621. The lowest BCUT2D eigenvalue weighted by molar-refractivity contribution is -0.165. The van der Waals surface area contributed by atoms with E-state index in [0.29, 0.717) is 23.5 Å². The van der Waals surface area contributed by atoms with Crippen molar-refractivity contribution in [1.29, 1.82) is 0 Å². The molecule has 0 saturated heterocycles. The molecule has 1 rings (SSSR count). The molecule has 0 spiro atoms. The van der Waals surface area contributed by atoms with Gasteiger partial charge < -0.3 is 19.9 Å². The minimum atomic E-state index is -1.43. The molecule has 0 unspecified atom stereocenters. The van der Waals surface area contributed by atoms with E-state index in [-0.39, 0.29) is 24.9 Å². The van der Waals surface area contributed by atoms with Gasteiger partial charge in [0, 0.05) is 18.2 Å². The van der Waals surface area contributed by atoms with Crippen molar-refractivity contribution in [1.82, 2.24) is 5.32 Å². The molecule has 0 aromatic heterocycles. The molecule has 0 aromatic rings. The van der Waals surface area contributed by atoms with Crippen molar-refractivity contribution in [3.05, 3.63) is 23.1 Å². The lowest BCUT2D eigenvalue weighted by Crippen LogP contribution is -2.50. The summed E-state index contributed by atoms with van der Waals surface area (Å²) in [6.07, 6.45) is 2.26. The lowest BCUT2D eigenvalue weighted by Gasteiger charge is -2.35. The molecule has 124 valence electrons. The maximum Gasteiger partial charge on any atom is 0.310 e. The van der Waals surface area contributed by atoms with E-state index in [0.717, 1.165) is 0 Å². The summed E-state index contributed by atoms with van der Waals surface area (Å²) in [4.78, 5) is 24.8. The first-order valence-electron chi connectivity index (χ1n) is 7.41. The highest BCUT2D eigenvalue weighted by Crippen LogP contribution is 2.32. The highest BCUT2D eigenvalue weighted by molar-refractivity contribution is 6.06. The molecule has 0 bridgehead atoms. The van der Waals surface area contributed by atoms with Crippen molar-refractivity contribution in [2.75, 3.05) is 20.3 Å². The van der Waals surface area contributed by atoms with Crippen LogP contribution in [0.4, 0.5) is 0 Å². The van der Waals surface area contributed by atoms with Crippen LogP contribution >= 0.6 is 0 Å². The molecule has 0 radical (unpaired) electrons. The van der Waals surface area contributed by atoms with Gasteiger partial charge in [-0.2, -0.15) is 0 Å². The smallest absolute Gasteiger partial charge is 0.310 e. The number of hydrogen-bond acceptors (Lipinski definition) is 6. The molecule has 22 heavy (non-hydrogen) atoms. The first-order chi connectivity index (χ1) is 10.3. The first kappa shape index (κ1) is 18.2. The quantitative estimate of drug-likeness (QED) is 0.690. The van der Waals surface area contributed by atoms with E-state index in [4.69, 9.17) is 14.6 Å².